The molecule has 0 fully saturated rings. The van der Waals surface area contributed by atoms with Crippen molar-refractivity contribution in [3.05, 3.63) is 45.7 Å². The van der Waals surface area contributed by atoms with Crippen molar-refractivity contribution >= 4 is 39.8 Å². The predicted octanol–water partition coefficient (Wildman–Crippen LogP) is 3.50. The fourth-order valence-corrected chi connectivity index (χ4v) is 3.22. The summed E-state index contributed by atoms with van der Waals surface area (Å²) in [6, 6.07) is 7.48. The third kappa shape index (κ3) is 6.47. The highest BCUT2D eigenvalue weighted by Gasteiger charge is 2.05. The molecule has 0 radical (unpaired) electrons. The number of hydrazone groups is 1. The Kier molecular flexibility index (Phi) is 7.39. The van der Waals surface area contributed by atoms with Crippen LogP contribution in [0.3, 0.4) is 0 Å². The van der Waals surface area contributed by atoms with Gasteiger partial charge in [-0.25, -0.2) is 15.4 Å². The molecule has 1 heterocycles. The zero-order valence-corrected chi connectivity index (χ0v) is 16.6. The highest BCUT2D eigenvalue weighted by atomic mass is 79.9. The first-order valence-electron chi connectivity index (χ1n) is 7.67. The Bertz CT molecular complexity index is 763. The van der Waals surface area contributed by atoms with E-state index in [1.165, 1.54) is 11.8 Å². The van der Waals surface area contributed by atoms with Gasteiger partial charge in [0.05, 0.1) is 23.0 Å². The van der Waals surface area contributed by atoms with Gasteiger partial charge in [0.25, 0.3) is 5.91 Å². The lowest BCUT2D eigenvalue weighted by Gasteiger charge is -2.05. The van der Waals surface area contributed by atoms with Gasteiger partial charge in [-0.2, -0.15) is 5.10 Å². The molecule has 25 heavy (non-hydrogen) atoms. The van der Waals surface area contributed by atoms with Crippen molar-refractivity contribution in [1.82, 2.24) is 15.4 Å². The summed E-state index contributed by atoms with van der Waals surface area (Å²) >= 11 is 4.72. The summed E-state index contributed by atoms with van der Waals surface area (Å²) in [6.45, 7) is 6.33. The largest absolute Gasteiger partial charge is 0.493 e. The number of aryl methyl sites for hydroxylation is 2. The van der Waals surface area contributed by atoms with E-state index in [1.807, 2.05) is 45.0 Å². The van der Waals surface area contributed by atoms with Gasteiger partial charge in [0.2, 0.25) is 0 Å². The molecule has 0 unspecified atom stereocenters. The molecule has 1 aromatic carbocycles. The zero-order valence-electron chi connectivity index (χ0n) is 14.2. The summed E-state index contributed by atoms with van der Waals surface area (Å²) in [5.41, 5.74) is 5.11. The van der Waals surface area contributed by atoms with Crippen LogP contribution in [0.4, 0.5) is 0 Å². The number of halogens is 1. The number of nitrogens with one attached hydrogen (secondary N) is 1. The quantitative estimate of drug-likeness (QED) is 0.319. The first kappa shape index (κ1) is 19.4. The molecule has 6 nitrogen and oxygen atoms in total. The number of nitrogens with zero attached hydrogens (tertiary/aromatic N) is 3. The zero-order chi connectivity index (χ0) is 18.2. The molecule has 0 saturated heterocycles. The SMILES string of the molecule is CCOc1ccc(/C=N\NC(=O)CSc2nc(C)cc(C)n2)cc1Br. The summed E-state index contributed by atoms with van der Waals surface area (Å²) in [5, 5.41) is 4.56. The normalized spacial score (nSPS) is 10.9. The van der Waals surface area contributed by atoms with Crippen LogP contribution in [0.25, 0.3) is 0 Å². The molecule has 1 N–H and O–H groups in total. The maximum atomic E-state index is 11.9. The third-order valence-electron chi connectivity index (χ3n) is 2.95. The first-order chi connectivity index (χ1) is 12.0. The Morgan fingerprint density at radius 3 is 2.68 bits per heavy atom. The van der Waals surface area contributed by atoms with Crippen LogP contribution in [-0.4, -0.2) is 34.4 Å². The first-order valence-corrected chi connectivity index (χ1v) is 9.45. The lowest BCUT2D eigenvalue weighted by atomic mass is 10.2. The minimum atomic E-state index is -0.214. The Morgan fingerprint density at radius 1 is 1.32 bits per heavy atom. The van der Waals surface area contributed by atoms with E-state index in [0.717, 1.165) is 27.2 Å². The number of hydrogen-bond acceptors (Lipinski definition) is 6. The van der Waals surface area contributed by atoms with Crippen LogP contribution in [-0.2, 0) is 4.79 Å². The molecule has 0 atom stereocenters. The van der Waals surface area contributed by atoms with Crippen LogP contribution in [0.5, 0.6) is 5.75 Å². The summed E-state index contributed by atoms with van der Waals surface area (Å²) in [5.74, 6) is 0.760. The maximum absolute atomic E-state index is 11.9. The molecule has 0 bridgehead atoms. The van der Waals surface area contributed by atoms with E-state index in [1.54, 1.807) is 6.21 Å². The molecular weight excluding hydrogens is 404 g/mol. The smallest absolute Gasteiger partial charge is 0.250 e. The van der Waals surface area contributed by atoms with Crippen molar-refractivity contribution in [2.75, 3.05) is 12.4 Å². The molecule has 1 aromatic heterocycles. The molecule has 0 spiro atoms. The summed E-state index contributed by atoms with van der Waals surface area (Å²) in [7, 11) is 0. The van der Waals surface area contributed by atoms with Gasteiger partial charge in [-0.3, -0.25) is 4.79 Å². The van der Waals surface area contributed by atoms with Crippen LogP contribution >= 0.6 is 27.7 Å². The molecule has 0 aliphatic heterocycles. The molecule has 2 rings (SSSR count). The van der Waals surface area contributed by atoms with Gasteiger partial charge >= 0.3 is 0 Å². The van der Waals surface area contributed by atoms with Crippen molar-refractivity contribution in [1.29, 1.82) is 0 Å². The van der Waals surface area contributed by atoms with E-state index in [0.29, 0.717) is 11.8 Å². The molecule has 132 valence electrons. The number of carbonyl (C=O) groups is 1. The molecule has 0 aliphatic carbocycles. The number of benzene rings is 1. The van der Waals surface area contributed by atoms with Crippen LogP contribution in [0.1, 0.15) is 23.9 Å². The van der Waals surface area contributed by atoms with Gasteiger partial charge in [-0.1, -0.05) is 11.8 Å². The molecule has 2 aromatic rings. The van der Waals surface area contributed by atoms with Crippen LogP contribution < -0.4 is 10.2 Å². The van der Waals surface area contributed by atoms with Crippen molar-refractivity contribution in [3.8, 4) is 5.75 Å². The summed E-state index contributed by atoms with van der Waals surface area (Å²) < 4.78 is 6.29. The van der Waals surface area contributed by atoms with Crippen molar-refractivity contribution < 1.29 is 9.53 Å². The van der Waals surface area contributed by atoms with Gasteiger partial charge < -0.3 is 4.74 Å². The van der Waals surface area contributed by atoms with Crippen LogP contribution in [0.2, 0.25) is 0 Å². The lowest BCUT2D eigenvalue weighted by Crippen LogP contribution is -2.19. The molecule has 1 amide bonds. The maximum Gasteiger partial charge on any atom is 0.250 e. The van der Waals surface area contributed by atoms with E-state index in [4.69, 9.17) is 4.74 Å². The standard InChI is InChI=1S/C17H19BrN4O2S/c1-4-24-15-6-5-13(8-14(15)18)9-19-22-16(23)10-25-17-20-11(2)7-12(3)21-17/h5-9H,4,10H2,1-3H3,(H,22,23)/b19-9-. The van der Waals surface area contributed by atoms with Crippen molar-refractivity contribution in [3.63, 3.8) is 0 Å². The molecular formula is C17H19BrN4O2S. The van der Waals surface area contributed by atoms with E-state index in [2.05, 4.69) is 36.4 Å². The number of amides is 1. The van der Waals surface area contributed by atoms with Crippen LogP contribution in [0, 0.1) is 13.8 Å². The van der Waals surface area contributed by atoms with Gasteiger partial charge in [-0.15, -0.1) is 0 Å². The van der Waals surface area contributed by atoms with E-state index in [9.17, 15) is 4.79 Å². The number of hydrogen-bond donors (Lipinski definition) is 1. The highest BCUT2D eigenvalue weighted by molar-refractivity contribution is 9.10. The number of ether oxygens (including phenoxy) is 1. The lowest BCUT2D eigenvalue weighted by molar-refractivity contribution is -0.118. The predicted molar refractivity (Wildman–Crippen MR) is 103 cm³/mol. The Morgan fingerprint density at radius 2 is 2.04 bits per heavy atom. The minimum Gasteiger partial charge on any atom is -0.493 e. The van der Waals surface area contributed by atoms with Gasteiger partial charge in [-0.05, 0) is 66.5 Å². The second-order valence-electron chi connectivity index (χ2n) is 5.14. The number of rotatable bonds is 7. The number of thioether (sulfide) groups is 1. The monoisotopic (exact) mass is 422 g/mol. The van der Waals surface area contributed by atoms with Crippen molar-refractivity contribution in [2.45, 2.75) is 25.9 Å². The summed E-state index contributed by atoms with van der Waals surface area (Å²) in [6.07, 6.45) is 1.58. The van der Waals surface area contributed by atoms with Crippen molar-refractivity contribution in [2.24, 2.45) is 5.10 Å². The number of carbonyl (C=O) groups excluding carboxylic acids is 1. The Labute approximate surface area is 159 Å². The van der Waals surface area contributed by atoms with Gasteiger partial charge in [0.1, 0.15) is 5.75 Å². The van der Waals surface area contributed by atoms with E-state index in [-0.39, 0.29) is 11.7 Å². The van der Waals surface area contributed by atoms with Crippen LogP contribution in [0.15, 0.2) is 39.0 Å². The molecule has 0 aliphatic rings. The third-order valence-corrected chi connectivity index (χ3v) is 4.42. The molecule has 0 saturated carbocycles. The minimum absolute atomic E-state index is 0.202. The Hall–Kier alpha value is -1.93. The average molecular weight is 423 g/mol. The fraction of sp³-hybridized carbons (Fsp3) is 0.294. The van der Waals surface area contributed by atoms with Gasteiger partial charge in [0, 0.05) is 11.4 Å². The van der Waals surface area contributed by atoms with Gasteiger partial charge in [0.15, 0.2) is 5.16 Å². The fourth-order valence-electron chi connectivity index (χ4n) is 1.97. The van der Waals surface area contributed by atoms with E-state index >= 15 is 0 Å². The average Bonchev–Trinajstić information content (AvgIpc) is 2.55. The second kappa shape index (κ2) is 9.53. The number of aromatic nitrogens is 2. The highest BCUT2D eigenvalue weighted by Crippen LogP contribution is 2.25. The molecule has 8 heteroatoms. The van der Waals surface area contributed by atoms with E-state index < -0.39 is 0 Å². The Balaban J connectivity index is 1.85. The second-order valence-corrected chi connectivity index (χ2v) is 6.93. The topological polar surface area (TPSA) is 76.5 Å². The summed E-state index contributed by atoms with van der Waals surface area (Å²) in [4.78, 5) is 20.4.